The molecule has 0 bridgehead atoms. The van der Waals surface area contributed by atoms with Gasteiger partial charge in [0.2, 0.25) is 0 Å². The fraction of sp³-hybridized carbons (Fsp3) is 0.500. The average Bonchev–Trinajstić information content (AvgIpc) is 2.45. The number of benzene rings is 1. The van der Waals surface area contributed by atoms with Crippen LogP contribution in [0, 0.1) is 0 Å². The van der Waals surface area contributed by atoms with Crippen molar-refractivity contribution in [3.63, 3.8) is 0 Å². The summed E-state index contributed by atoms with van der Waals surface area (Å²) in [5.41, 5.74) is 5.96. The van der Waals surface area contributed by atoms with E-state index in [1.807, 2.05) is 0 Å². The second kappa shape index (κ2) is 6.58. The number of morpholine rings is 1. The first kappa shape index (κ1) is 14.6. The predicted molar refractivity (Wildman–Crippen MR) is 75.2 cm³/mol. The van der Waals surface area contributed by atoms with E-state index in [0.29, 0.717) is 19.0 Å². The summed E-state index contributed by atoms with van der Waals surface area (Å²) < 4.78 is 11.3. The summed E-state index contributed by atoms with van der Waals surface area (Å²) in [5.74, 6) is -0.479. The lowest BCUT2D eigenvalue weighted by molar-refractivity contribution is -0.0464. The van der Waals surface area contributed by atoms with Crippen LogP contribution in [0.3, 0.4) is 0 Å². The van der Waals surface area contributed by atoms with Crippen LogP contribution in [0.1, 0.15) is 17.3 Å². The standard InChI is InChI=1S/C14H20N2O4/c1-2-16-5-6-19-11(8-16)9-20-10-3-4-12(14(17)18)13(15)7-10/h3-4,7,11H,2,5-6,8-9,15H2,1H3,(H,17,18). The lowest BCUT2D eigenvalue weighted by atomic mass is 10.2. The third-order valence-electron chi connectivity index (χ3n) is 3.36. The Morgan fingerprint density at radius 3 is 3.05 bits per heavy atom. The molecule has 0 aromatic heterocycles. The summed E-state index contributed by atoms with van der Waals surface area (Å²) >= 11 is 0. The molecule has 0 aliphatic carbocycles. The Hall–Kier alpha value is -1.79. The zero-order chi connectivity index (χ0) is 14.5. The van der Waals surface area contributed by atoms with Crippen molar-refractivity contribution in [1.82, 2.24) is 4.90 Å². The number of nitrogens with zero attached hydrogens (tertiary/aromatic N) is 1. The van der Waals surface area contributed by atoms with Gasteiger partial charge in [-0.2, -0.15) is 0 Å². The van der Waals surface area contributed by atoms with Gasteiger partial charge in [0.1, 0.15) is 18.5 Å². The van der Waals surface area contributed by atoms with Gasteiger partial charge in [0.25, 0.3) is 0 Å². The maximum Gasteiger partial charge on any atom is 0.337 e. The molecule has 1 heterocycles. The zero-order valence-electron chi connectivity index (χ0n) is 11.5. The topological polar surface area (TPSA) is 85.0 Å². The minimum atomic E-state index is -1.04. The summed E-state index contributed by atoms with van der Waals surface area (Å²) in [6.45, 7) is 6.06. The van der Waals surface area contributed by atoms with Crippen molar-refractivity contribution < 1.29 is 19.4 Å². The van der Waals surface area contributed by atoms with Crippen molar-refractivity contribution >= 4 is 11.7 Å². The third kappa shape index (κ3) is 3.61. The summed E-state index contributed by atoms with van der Waals surface area (Å²) in [6.07, 6.45) is 0.0316. The Balaban J connectivity index is 1.91. The van der Waals surface area contributed by atoms with Crippen molar-refractivity contribution in [3.8, 4) is 5.75 Å². The van der Waals surface area contributed by atoms with E-state index in [4.69, 9.17) is 20.3 Å². The SMILES string of the molecule is CCN1CCOC(COc2ccc(C(=O)O)c(N)c2)C1. The van der Waals surface area contributed by atoms with Crippen LogP contribution in [0.4, 0.5) is 5.69 Å². The highest BCUT2D eigenvalue weighted by Crippen LogP contribution is 2.20. The Bertz CT molecular complexity index is 478. The number of anilines is 1. The van der Waals surface area contributed by atoms with Crippen LogP contribution in [0.2, 0.25) is 0 Å². The highest BCUT2D eigenvalue weighted by Gasteiger charge is 2.20. The number of likely N-dealkylation sites (N-methyl/N-ethyl adjacent to an activating group) is 1. The third-order valence-corrected chi connectivity index (χ3v) is 3.36. The maximum atomic E-state index is 10.9. The fourth-order valence-electron chi connectivity index (χ4n) is 2.18. The normalized spacial score (nSPS) is 19.8. The molecule has 1 atom stereocenters. The Labute approximate surface area is 118 Å². The highest BCUT2D eigenvalue weighted by atomic mass is 16.5. The van der Waals surface area contributed by atoms with Crippen LogP contribution in [-0.4, -0.2) is 54.9 Å². The molecule has 0 spiro atoms. The summed E-state index contributed by atoms with van der Waals surface area (Å²) in [4.78, 5) is 13.2. The molecule has 6 heteroatoms. The minimum absolute atomic E-state index is 0.0316. The van der Waals surface area contributed by atoms with Crippen molar-refractivity contribution in [2.75, 3.05) is 38.6 Å². The van der Waals surface area contributed by atoms with Gasteiger partial charge in [-0.3, -0.25) is 4.90 Å². The second-order valence-electron chi connectivity index (χ2n) is 4.75. The lowest BCUT2D eigenvalue weighted by Crippen LogP contribution is -2.44. The molecule has 1 aromatic carbocycles. The number of ether oxygens (including phenoxy) is 2. The Morgan fingerprint density at radius 2 is 2.40 bits per heavy atom. The van der Waals surface area contributed by atoms with Gasteiger partial charge in [-0.15, -0.1) is 0 Å². The molecule has 6 nitrogen and oxygen atoms in total. The molecule has 110 valence electrons. The van der Waals surface area contributed by atoms with E-state index < -0.39 is 5.97 Å². The van der Waals surface area contributed by atoms with E-state index in [1.165, 1.54) is 12.1 Å². The van der Waals surface area contributed by atoms with E-state index in [9.17, 15) is 4.79 Å². The molecule has 20 heavy (non-hydrogen) atoms. The molecule has 1 aliphatic rings. The number of carboxylic acids is 1. The van der Waals surface area contributed by atoms with Gasteiger partial charge in [0.05, 0.1) is 12.2 Å². The van der Waals surface area contributed by atoms with Crippen LogP contribution in [0.5, 0.6) is 5.75 Å². The number of hydrogen-bond donors (Lipinski definition) is 2. The van der Waals surface area contributed by atoms with Crippen molar-refractivity contribution in [2.24, 2.45) is 0 Å². The molecule has 1 fully saturated rings. The van der Waals surface area contributed by atoms with Crippen LogP contribution >= 0.6 is 0 Å². The van der Waals surface area contributed by atoms with Gasteiger partial charge in [0.15, 0.2) is 0 Å². The summed E-state index contributed by atoms with van der Waals surface area (Å²) in [7, 11) is 0. The number of aromatic carboxylic acids is 1. The first-order valence-electron chi connectivity index (χ1n) is 6.69. The van der Waals surface area contributed by atoms with Gasteiger partial charge in [-0.25, -0.2) is 4.79 Å². The van der Waals surface area contributed by atoms with Crippen molar-refractivity contribution in [2.45, 2.75) is 13.0 Å². The van der Waals surface area contributed by atoms with Crippen molar-refractivity contribution in [3.05, 3.63) is 23.8 Å². The molecule has 0 amide bonds. The number of rotatable bonds is 5. The quantitative estimate of drug-likeness (QED) is 0.785. The maximum absolute atomic E-state index is 10.9. The molecule has 2 rings (SSSR count). The van der Waals surface area contributed by atoms with E-state index >= 15 is 0 Å². The minimum Gasteiger partial charge on any atom is -0.491 e. The summed E-state index contributed by atoms with van der Waals surface area (Å²) in [6, 6.07) is 4.59. The first-order valence-corrected chi connectivity index (χ1v) is 6.69. The first-order chi connectivity index (χ1) is 9.60. The van der Waals surface area contributed by atoms with Crippen molar-refractivity contribution in [1.29, 1.82) is 0 Å². The van der Waals surface area contributed by atoms with Crippen LogP contribution in [-0.2, 0) is 4.74 Å². The van der Waals surface area contributed by atoms with Crippen LogP contribution < -0.4 is 10.5 Å². The van der Waals surface area contributed by atoms with Gasteiger partial charge < -0.3 is 20.3 Å². The second-order valence-corrected chi connectivity index (χ2v) is 4.75. The van der Waals surface area contributed by atoms with E-state index in [0.717, 1.165) is 19.6 Å². The van der Waals surface area contributed by atoms with Gasteiger partial charge in [0, 0.05) is 24.8 Å². The summed E-state index contributed by atoms with van der Waals surface area (Å²) in [5, 5.41) is 8.90. The number of nitrogens with two attached hydrogens (primary N) is 1. The Morgan fingerprint density at radius 1 is 1.60 bits per heavy atom. The number of nitrogen functional groups attached to an aromatic ring is 1. The number of carboxylic acid groups (broad SMARTS) is 1. The van der Waals surface area contributed by atoms with Gasteiger partial charge in [-0.1, -0.05) is 6.92 Å². The average molecular weight is 280 g/mol. The van der Waals surface area contributed by atoms with Crippen LogP contribution in [0.25, 0.3) is 0 Å². The van der Waals surface area contributed by atoms with E-state index in [2.05, 4.69) is 11.8 Å². The molecule has 3 N–H and O–H groups in total. The van der Waals surface area contributed by atoms with Crippen LogP contribution in [0.15, 0.2) is 18.2 Å². The molecular weight excluding hydrogens is 260 g/mol. The molecular formula is C14H20N2O4. The molecule has 1 saturated heterocycles. The Kier molecular flexibility index (Phi) is 4.81. The molecule has 0 radical (unpaired) electrons. The zero-order valence-corrected chi connectivity index (χ0v) is 11.5. The number of hydrogen-bond acceptors (Lipinski definition) is 5. The number of carbonyl (C=O) groups is 1. The smallest absolute Gasteiger partial charge is 0.337 e. The predicted octanol–water partition coefficient (Wildman–Crippen LogP) is 1.07. The molecule has 1 aliphatic heterocycles. The monoisotopic (exact) mass is 280 g/mol. The lowest BCUT2D eigenvalue weighted by Gasteiger charge is -2.31. The molecule has 0 saturated carbocycles. The highest BCUT2D eigenvalue weighted by molar-refractivity contribution is 5.93. The largest absolute Gasteiger partial charge is 0.491 e. The van der Waals surface area contributed by atoms with Gasteiger partial charge >= 0.3 is 5.97 Å². The fourth-order valence-corrected chi connectivity index (χ4v) is 2.18. The van der Waals surface area contributed by atoms with Gasteiger partial charge in [-0.05, 0) is 18.7 Å². The molecule has 1 aromatic rings. The van der Waals surface area contributed by atoms with E-state index in [1.54, 1.807) is 6.07 Å². The molecule has 1 unspecified atom stereocenters. The van der Waals surface area contributed by atoms with E-state index in [-0.39, 0.29) is 17.4 Å².